The molecule has 0 radical (unpaired) electrons. The van der Waals surface area contributed by atoms with Crippen molar-refractivity contribution in [3.63, 3.8) is 0 Å². The van der Waals surface area contributed by atoms with Gasteiger partial charge in [-0.25, -0.2) is 9.59 Å². The summed E-state index contributed by atoms with van der Waals surface area (Å²) in [6.07, 6.45) is 0. The lowest BCUT2D eigenvalue weighted by Gasteiger charge is -2.20. The van der Waals surface area contributed by atoms with Crippen LogP contribution in [0.3, 0.4) is 0 Å². The molecule has 0 unspecified atom stereocenters. The first-order valence-corrected chi connectivity index (χ1v) is 16.0. The number of rotatable bonds is 3. The van der Waals surface area contributed by atoms with Crippen molar-refractivity contribution in [1.29, 1.82) is 0 Å². The predicted octanol–water partition coefficient (Wildman–Crippen LogP) is 9.39. The molecule has 0 saturated heterocycles. The molecule has 1 heterocycles. The number of carbonyl (C=O) groups excluding carboxylic acids is 2. The first-order valence-electron chi connectivity index (χ1n) is 14.8. The standard InChI is InChI=1S/C19H17NOS.C18H14Cl2O7/c1-14-6-5-9-17(12-14)20(2)19(22)21-18-11-10-15-7-3-4-8-16(15)13-18;1-5-9-16(11(20)13(22)10(5)19)26-14-6(2)8(17(23)25-4)12(21)7(3)15(14)27-18(9)24/h3-13H,1-2H3;21-22H,1-4H3. The molecule has 1 aliphatic heterocycles. The summed E-state index contributed by atoms with van der Waals surface area (Å²) in [5.41, 5.74) is 2.48. The number of aromatic hydroxyl groups is 2. The van der Waals surface area contributed by atoms with Gasteiger partial charge in [-0.05, 0) is 86.1 Å². The van der Waals surface area contributed by atoms with Crippen molar-refractivity contribution in [1.82, 2.24) is 0 Å². The van der Waals surface area contributed by atoms with Gasteiger partial charge < -0.3 is 34.1 Å². The fraction of sp³-hybridized carbons (Fsp3) is 0.162. The van der Waals surface area contributed by atoms with E-state index in [4.69, 9.17) is 54.4 Å². The zero-order valence-corrected chi connectivity index (χ0v) is 29.6. The van der Waals surface area contributed by atoms with E-state index in [1.54, 1.807) is 0 Å². The lowest BCUT2D eigenvalue weighted by molar-refractivity contribution is 0.0596. The van der Waals surface area contributed by atoms with Crippen LogP contribution in [0.1, 0.15) is 43.0 Å². The topological polar surface area (TPSA) is 115 Å². The number of anilines is 1. The number of aryl methyl sites for hydroxylation is 1. The molecule has 12 heteroatoms. The third kappa shape index (κ3) is 6.80. The third-order valence-electron chi connectivity index (χ3n) is 7.98. The Labute approximate surface area is 298 Å². The number of carbonyl (C=O) groups is 2. The summed E-state index contributed by atoms with van der Waals surface area (Å²) in [7, 11) is 3.08. The highest BCUT2D eigenvalue weighted by molar-refractivity contribution is 7.80. The summed E-state index contributed by atoms with van der Waals surface area (Å²) < 4.78 is 21.7. The Morgan fingerprint density at radius 2 is 1.47 bits per heavy atom. The summed E-state index contributed by atoms with van der Waals surface area (Å²) in [6.45, 7) is 6.49. The fourth-order valence-electron chi connectivity index (χ4n) is 5.23. The van der Waals surface area contributed by atoms with E-state index in [2.05, 4.69) is 31.2 Å². The number of halogens is 2. The zero-order chi connectivity index (χ0) is 35.7. The van der Waals surface area contributed by atoms with Crippen LogP contribution < -0.4 is 19.1 Å². The van der Waals surface area contributed by atoms with E-state index in [9.17, 15) is 19.8 Å². The molecule has 0 saturated carbocycles. The maximum Gasteiger partial charge on any atom is 0.347 e. The van der Waals surface area contributed by atoms with Crippen molar-refractivity contribution in [2.75, 3.05) is 19.1 Å². The van der Waals surface area contributed by atoms with Gasteiger partial charge in [-0.1, -0.05) is 65.7 Å². The van der Waals surface area contributed by atoms with Crippen molar-refractivity contribution in [2.24, 2.45) is 0 Å². The SMILES string of the molecule is COC(=O)c1c(C)c2c(c(C)c1O)OC(=O)c1c(C)c(Cl)c(O)c(Cl)c1O2.Cc1cccc(N(C)C(=S)Oc2ccc3ccccc3c2)c1. The number of benzene rings is 5. The monoisotopic (exact) mass is 719 g/mol. The summed E-state index contributed by atoms with van der Waals surface area (Å²) >= 11 is 17.6. The van der Waals surface area contributed by atoms with Crippen LogP contribution >= 0.6 is 35.4 Å². The van der Waals surface area contributed by atoms with Gasteiger partial charge in [-0.2, -0.15) is 0 Å². The molecule has 0 spiro atoms. The second-order valence-electron chi connectivity index (χ2n) is 11.2. The molecule has 5 aromatic rings. The van der Waals surface area contributed by atoms with Gasteiger partial charge in [0.15, 0.2) is 23.0 Å². The number of phenolic OH excluding ortho intramolecular Hbond substituents is 2. The van der Waals surface area contributed by atoms with E-state index in [1.807, 2.05) is 54.4 Å². The molecule has 252 valence electrons. The number of ether oxygens (including phenoxy) is 4. The average molecular weight is 721 g/mol. The zero-order valence-electron chi connectivity index (χ0n) is 27.3. The molecule has 6 rings (SSSR count). The molecule has 9 nitrogen and oxygen atoms in total. The van der Waals surface area contributed by atoms with Crippen molar-refractivity contribution in [2.45, 2.75) is 27.7 Å². The Balaban J connectivity index is 0.000000195. The molecule has 0 aliphatic carbocycles. The predicted molar refractivity (Wildman–Crippen MR) is 194 cm³/mol. The second kappa shape index (κ2) is 14.2. The third-order valence-corrected chi connectivity index (χ3v) is 9.15. The van der Waals surface area contributed by atoms with Crippen molar-refractivity contribution >= 4 is 69.0 Å². The van der Waals surface area contributed by atoms with Crippen LogP contribution in [0.2, 0.25) is 10.0 Å². The Bertz CT molecular complexity index is 2170. The number of esters is 2. The van der Waals surface area contributed by atoms with Gasteiger partial charge in [-0.15, -0.1) is 0 Å². The lowest BCUT2D eigenvalue weighted by Crippen LogP contribution is -2.29. The largest absolute Gasteiger partial charge is 0.507 e. The van der Waals surface area contributed by atoms with Crippen LogP contribution in [0.4, 0.5) is 5.69 Å². The maximum absolute atomic E-state index is 12.7. The molecule has 0 fully saturated rings. The van der Waals surface area contributed by atoms with Gasteiger partial charge >= 0.3 is 11.9 Å². The van der Waals surface area contributed by atoms with Gasteiger partial charge in [0.05, 0.1) is 12.1 Å². The molecule has 0 bridgehead atoms. The van der Waals surface area contributed by atoms with E-state index in [1.165, 1.54) is 38.8 Å². The molecule has 1 aliphatic rings. The Morgan fingerprint density at radius 3 is 2.14 bits per heavy atom. The molecule has 0 atom stereocenters. The molecule has 0 amide bonds. The fourth-order valence-corrected chi connectivity index (χ4v) is 5.89. The van der Waals surface area contributed by atoms with Crippen LogP contribution in [0.25, 0.3) is 10.8 Å². The minimum Gasteiger partial charge on any atom is -0.507 e. The number of hydrogen-bond acceptors (Lipinski definition) is 9. The Morgan fingerprint density at radius 1 is 0.796 bits per heavy atom. The van der Waals surface area contributed by atoms with Crippen LogP contribution in [0.15, 0.2) is 66.7 Å². The highest BCUT2D eigenvalue weighted by Gasteiger charge is 2.35. The first kappa shape index (κ1) is 35.3. The summed E-state index contributed by atoms with van der Waals surface area (Å²) in [5.74, 6) is -1.98. The number of methoxy groups -OCH3 is 1. The molecule has 0 aromatic heterocycles. The number of fused-ring (bicyclic) bond motifs is 3. The van der Waals surface area contributed by atoms with Crippen LogP contribution in [0.5, 0.6) is 34.5 Å². The summed E-state index contributed by atoms with van der Waals surface area (Å²) in [6, 6.07) is 22.3. The van der Waals surface area contributed by atoms with E-state index < -0.39 is 23.4 Å². The smallest absolute Gasteiger partial charge is 0.347 e. The minimum atomic E-state index is -0.835. The second-order valence-corrected chi connectivity index (χ2v) is 12.3. The van der Waals surface area contributed by atoms with Gasteiger partial charge in [0.1, 0.15) is 27.6 Å². The van der Waals surface area contributed by atoms with Gasteiger partial charge in [0.25, 0.3) is 5.17 Å². The Hall–Kier alpha value is -5.03. The summed E-state index contributed by atoms with van der Waals surface area (Å²) in [5, 5.41) is 22.9. The van der Waals surface area contributed by atoms with E-state index in [0.29, 0.717) is 5.17 Å². The van der Waals surface area contributed by atoms with Crippen molar-refractivity contribution in [3.05, 3.63) is 110 Å². The number of phenols is 2. The highest BCUT2D eigenvalue weighted by atomic mass is 35.5. The van der Waals surface area contributed by atoms with E-state index >= 15 is 0 Å². The quantitative estimate of drug-likeness (QED) is 0.106. The normalized spacial score (nSPS) is 11.6. The van der Waals surface area contributed by atoms with Crippen molar-refractivity contribution < 1.29 is 38.7 Å². The molecular weight excluding hydrogens is 689 g/mol. The van der Waals surface area contributed by atoms with E-state index in [-0.39, 0.29) is 55.1 Å². The molecule has 2 N–H and O–H groups in total. The van der Waals surface area contributed by atoms with Gasteiger partial charge in [0.2, 0.25) is 0 Å². The highest BCUT2D eigenvalue weighted by Crippen LogP contribution is 2.52. The van der Waals surface area contributed by atoms with Gasteiger partial charge in [-0.3, -0.25) is 0 Å². The van der Waals surface area contributed by atoms with E-state index in [0.717, 1.165) is 16.8 Å². The number of nitrogens with zero attached hydrogens (tertiary/aromatic N) is 1. The van der Waals surface area contributed by atoms with Crippen LogP contribution in [0, 0.1) is 27.7 Å². The maximum atomic E-state index is 12.7. The lowest BCUT2D eigenvalue weighted by atomic mass is 10.0. The van der Waals surface area contributed by atoms with Crippen LogP contribution in [-0.2, 0) is 4.74 Å². The molecular formula is C37H31Cl2NO8S. The first-order chi connectivity index (χ1) is 23.2. The number of thiocarbonyl (C=S) groups is 1. The molecule has 5 aromatic carbocycles. The number of hydrogen-bond donors (Lipinski definition) is 2. The minimum absolute atomic E-state index is 0.0131. The van der Waals surface area contributed by atoms with Crippen molar-refractivity contribution in [3.8, 4) is 34.5 Å². The average Bonchev–Trinajstić information content (AvgIpc) is 3.25. The molecule has 49 heavy (non-hydrogen) atoms. The van der Waals surface area contributed by atoms with Crippen LogP contribution in [-0.4, -0.2) is 41.5 Å². The Kier molecular flexibility index (Phi) is 10.2. The summed E-state index contributed by atoms with van der Waals surface area (Å²) in [4.78, 5) is 26.6. The van der Waals surface area contributed by atoms with Gasteiger partial charge in [0, 0.05) is 23.9 Å².